The lowest BCUT2D eigenvalue weighted by Crippen LogP contribution is -2.19. The number of ether oxygens (including phenoxy) is 2. The molecule has 0 aliphatic heterocycles. The number of nitro groups is 1. The Morgan fingerprint density at radius 3 is 2.37 bits per heavy atom. The molecule has 0 bridgehead atoms. The second-order valence-electron chi connectivity index (χ2n) is 3.01. The van der Waals surface area contributed by atoms with Crippen LogP contribution in [-0.4, -0.2) is 23.4 Å². The molecule has 0 aliphatic rings. The lowest BCUT2D eigenvalue weighted by molar-refractivity contribution is -0.390. The van der Waals surface area contributed by atoms with Gasteiger partial charge in [-0.2, -0.15) is 0 Å². The Morgan fingerprint density at radius 1 is 1.42 bits per heavy atom. The number of halogens is 5. The minimum atomic E-state index is -5.26. The Bertz CT molecular complexity index is 491. The Labute approximate surface area is 101 Å². The molecule has 0 atom stereocenters. The van der Waals surface area contributed by atoms with Gasteiger partial charge in [0.05, 0.1) is 12.7 Å². The second kappa shape index (κ2) is 5.20. The van der Waals surface area contributed by atoms with Crippen molar-refractivity contribution >= 4 is 5.82 Å². The summed E-state index contributed by atoms with van der Waals surface area (Å²) >= 11 is 0. The second-order valence-corrected chi connectivity index (χ2v) is 3.01. The van der Waals surface area contributed by atoms with E-state index in [-0.39, 0.29) is 0 Å². The number of alkyl halides is 5. The predicted octanol–water partition coefficient (Wildman–Crippen LogP) is 2.83. The van der Waals surface area contributed by atoms with Gasteiger partial charge < -0.3 is 19.6 Å². The number of nitrogens with zero attached hydrogens (tertiary/aromatic N) is 2. The monoisotopic (exact) mass is 288 g/mol. The first-order chi connectivity index (χ1) is 8.65. The molecule has 0 saturated heterocycles. The van der Waals surface area contributed by atoms with E-state index in [4.69, 9.17) is 0 Å². The number of hydrogen-bond acceptors (Lipinski definition) is 5. The van der Waals surface area contributed by atoms with Crippen LogP contribution in [0.1, 0.15) is 12.0 Å². The molecule has 0 saturated carbocycles. The van der Waals surface area contributed by atoms with Gasteiger partial charge in [-0.15, -0.1) is 13.2 Å². The average Bonchev–Trinajstić information content (AvgIpc) is 2.25. The highest BCUT2D eigenvalue weighted by atomic mass is 19.4. The minimum Gasteiger partial charge on any atom is -0.489 e. The van der Waals surface area contributed by atoms with E-state index in [2.05, 4.69) is 14.5 Å². The van der Waals surface area contributed by atoms with Gasteiger partial charge in [0.1, 0.15) is 0 Å². The Hall–Kier alpha value is -2.20. The van der Waals surface area contributed by atoms with Gasteiger partial charge in [0, 0.05) is 11.1 Å². The highest BCUT2D eigenvalue weighted by Gasteiger charge is 2.38. The number of methoxy groups -OCH3 is 1. The van der Waals surface area contributed by atoms with Crippen molar-refractivity contribution in [3.8, 4) is 11.6 Å². The van der Waals surface area contributed by atoms with Crippen molar-refractivity contribution in [2.24, 2.45) is 0 Å². The number of hydrogen-bond donors (Lipinski definition) is 0. The van der Waals surface area contributed by atoms with E-state index in [1.165, 1.54) is 0 Å². The van der Waals surface area contributed by atoms with Crippen molar-refractivity contribution in [2.75, 3.05) is 7.11 Å². The van der Waals surface area contributed by atoms with Crippen LogP contribution in [-0.2, 0) is 0 Å². The summed E-state index contributed by atoms with van der Waals surface area (Å²) in [6.07, 6.45) is -8.55. The fraction of sp³-hybridized carbons (Fsp3) is 0.375. The first-order valence-electron chi connectivity index (χ1n) is 4.43. The van der Waals surface area contributed by atoms with Crippen molar-refractivity contribution in [1.82, 2.24) is 4.98 Å². The summed E-state index contributed by atoms with van der Waals surface area (Å²) in [6.45, 7) is 0. The third kappa shape index (κ3) is 3.63. The fourth-order valence-corrected chi connectivity index (χ4v) is 1.15. The van der Waals surface area contributed by atoms with E-state index in [1.807, 2.05) is 0 Å². The van der Waals surface area contributed by atoms with Crippen LogP contribution in [0.5, 0.6) is 11.6 Å². The van der Waals surface area contributed by atoms with Crippen LogP contribution < -0.4 is 9.47 Å². The van der Waals surface area contributed by atoms with Gasteiger partial charge in [0.25, 0.3) is 6.43 Å². The average molecular weight is 288 g/mol. The van der Waals surface area contributed by atoms with Crippen LogP contribution in [0.4, 0.5) is 27.8 Å². The third-order valence-corrected chi connectivity index (χ3v) is 1.80. The Morgan fingerprint density at radius 2 is 2.00 bits per heavy atom. The summed E-state index contributed by atoms with van der Waals surface area (Å²) in [5.74, 6) is -3.67. The van der Waals surface area contributed by atoms with Crippen molar-refractivity contribution < 1.29 is 36.3 Å². The summed E-state index contributed by atoms with van der Waals surface area (Å²) in [5, 5.41) is 10.4. The molecule has 0 unspecified atom stereocenters. The molecule has 0 fully saturated rings. The number of aromatic nitrogens is 1. The molecule has 0 aromatic carbocycles. The van der Waals surface area contributed by atoms with Crippen molar-refractivity contribution in [3.05, 3.63) is 21.7 Å². The Kier molecular flexibility index (Phi) is 4.07. The summed E-state index contributed by atoms with van der Waals surface area (Å²) in [4.78, 5) is 12.1. The standard InChI is InChI=1S/C8H5F5N2O4/c1-18-5-3(6(9)10)2-4(15(16)17)14-7(5)19-8(11,12)13/h2,6H,1H3. The van der Waals surface area contributed by atoms with E-state index in [9.17, 15) is 32.1 Å². The molecule has 11 heteroatoms. The lowest BCUT2D eigenvalue weighted by Gasteiger charge is -2.11. The maximum Gasteiger partial charge on any atom is 0.575 e. The fourth-order valence-electron chi connectivity index (χ4n) is 1.15. The number of pyridine rings is 1. The number of rotatable bonds is 4. The highest BCUT2D eigenvalue weighted by molar-refractivity contribution is 5.47. The zero-order chi connectivity index (χ0) is 14.8. The smallest absolute Gasteiger partial charge is 0.489 e. The molecule has 6 nitrogen and oxygen atoms in total. The van der Waals surface area contributed by atoms with Crippen molar-refractivity contribution in [2.45, 2.75) is 12.8 Å². The normalized spacial score (nSPS) is 11.5. The lowest BCUT2D eigenvalue weighted by atomic mass is 10.2. The summed E-state index contributed by atoms with van der Waals surface area (Å²) < 4.78 is 69.0. The van der Waals surface area contributed by atoms with Crippen molar-refractivity contribution in [3.63, 3.8) is 0 Å². The first kappa shape index (κ1) is 14.9. The van der Waals surface area contributed by atoms with Gasteiger partial charge in [0.2, 0.25) is 5.75 Å². The van der Waals surface area contributed by atoms with Crippen LogP contribution in [0.15, 0.2) is 6.07 Å². The molecular weight excluding hydrogens is 283 g/mol. The predicted molar refractivity (Wildman–Crippen MR) is 49.1 cm³/mol. The van der Waals surface area contributed by atoms with Gasteiger partial charge in [-0.1, -0.05) is 0 Å². The largest absolute Gasteiger partial charge is 0.575 e. The Balaban J connectivity index is 3.44. The third-order valence-electron chi connectivity index (χ3n) is 1.80. The molecule has 1 aromatic heterocycles. The van der Waals surface area contributed by atoms with E-state index < -0.39 is 40.7 Å². The molecule has 0 radical (unpaired) electrons. The van der Waals surface area contributed by atoms with Crippen molar-refractivity contribution in [1.29, 1.82) is 0 Å². The molecule has 0 aliphatic carbocycles. The highest BCUT2D eigenvalue weighted by Crippen LogP contribution is 2.39. The summed E-state index contributed by atoms with van der Waals surface area (Å²) in [5.41, 5.74) is -1.12. The molecule has 1 heterocycles. The molecule has 106 valence electrons. The van der Waals surface area contributed by atoms with Gasteiger partial charge in [-0.3, -0.25) is 0 Å². The quantitative estimate of drug-likeness (QED) is 0.484. The van der Waals surface area contributed by atoms with Gasteiger partial charge in [-0.05, 0) is 4.92 Å². The van der Waals surface area contributed by atoms with E-state index in [0.29, 0.717) is 6.07 Å². The van der Waals surface area contributed by atoms with E-state index >= 15 is 0 Å². The van der Waals surface area contributed by atoms with Crippen LogP contribution >= 0.6 is 0 Å². The summed E-state index contributed by atoms with van der Waals surface area (Å²) in [6, 6.07) is 0.312. The van der Waals surface area contributed by atoms with Gasteiger partial charge in [0.15, 0.2) is 0 Å². The molecule has 0 amide bonds. The molecule has 0 spiro atoms. The van der Waals surface area contributed by atoms with Gasteiger partial charge >= 0.3 is 18.1 Å². The maximum atomic E-state index is 12.6. The maximum absolute atomic E-state index is 12.6. The zero-order valence-corrected chi connectivity index (χ0v) is 9.07. The topological polar surface area (TPSA) is 74.5 Å². The van der Waals surface area contributed by atoms with E-state index in [1.54, 1.807) is 0 Å². The van der Waals surface area contributed by atoms with Crippen LogP contribution in [0, 0.1) is 10.1 Å². The SMILES string of the molecule is COc1c(C(F)F)cc([N+](=O)[O-])nc1OC(F)(F)F. The van der Waals surface area contributed by atoms with Crippen LogP contribution in [0.25, 0.3) is 0 Å². The molecule has 1 rings (SSSR count). The molecule has 0 N–H and O–H groups in total. The van der Waals surface area contributed by atoms with E-state index in [0.717, 1.165) is 7.11 Å². The molecule has 1 aromatic rings. The summed E-state index contributed by atoms with van der Waals surface area (Å²) in [7, 11) is 0.804. The molecule has 19 heavy (non-hydrogen) atoms. The van der Waals surface area contributed by atoms with Gasteiger partial charge in [-0.25, -0.2) is 8.78 Å². The van der Waals surface area contributed by atoms with Crippen LogP contribution in [0.2, 0.25) is 0 Å². The zero-order valence-electron chi connectivity index (χ0n) is 9.07. The minimum absolute atomic E-state index is 0.312. The molecular formula is C8H5F5N2O4. The first-order valence-corrected chi connectivity index (χ1v) is 4.43. The van der Waals surface area contributed by atoms with Crippen LogP contribution in [0.3, 0.4) is 0 Å².